The number of hydrogen-bond donors (Lipinski definition) is 2. The lowest BCUT2D eigenvalue weighted by atomic mass is 9.99. The van der Waals surface area contributed by atoms with Crippen molar-refractivity contribution >= 4 is 17.2 Å². The van der Waals surface area contributed by atoms with Gasteiger partial charge in [0.2, 0.25) is 0 Å². The molecular formula is C25H21F2N3O2. The maximum absolute atomic E-state index is 14.8. The number of pyridine rings is 1. The average molecular weight is 433 g/mol. The summed E-state index contributed by atoms with van der Waals surface area (Å²) in [6.45, 7) is 0.262. The number of allylic oxidation sites excluding steroid dienone is 1. The van der Waals surface area contributed by atoms with Gasteiger partial charge in [0.05, 0.1) is 24.4 Å². The van der Waals surface area contributed by atoms with Crippen molar-refractivity contribution in [1.29, 1.82) is 0 Å². The van der Waals surface area contributed by atoms with Gasteiger partial charge in [0.25, 0.3) is 5.91 Å². The van der Waals surface area contributed by atoms with Crippen molar-refractivity contribution in [3.8, 4) is 0 Å². The van der Waals surface area contributed by atoms with E-state index in [1.54, 1.807) is 42.6 Å². The molecule has 2 heterocycles. The molecule has 7 heteroatoms. The summed E-state index contributed by atoms with van der Waals surface area (Å²) in [5.41, 5.74) is 2.87. The predicted molar refractivity (Wildman–Crippen MR) is 119 cm³/mol. The number of aliphatic hydroxyl groups is 1. The number of nitrogens with one attached hydrogen (secondary N) is 1. The minimum Gasteiger partial charge on any atom is -0.396 e. The van der Waals surface area contributed by atoms with Crippen LogP contribution in [0.4, 0.5) is 8.78 Å². The fourth-order valence-corrected chi connectivity index (χ4v) is 3.58. The summed E-state index contributed by atoms with van der Waals surface area (Å²) < 4.78 is 28.0. The molecule has 1 atom stereocenters. The zero-order valence-electron chi connectivity index (χ0n) is 17.1. The number of amides is 1. The molecule has 32 heavy (non-hydrogen) atoms. The van der Waals surface area contributed by atoms with Gasteiger partial charge in [0, 0.05) is 29.9 Å². The molecule has 1 aliphatic heterocycles. The van der Waals surface area contributed by atoms with Gasteiger partial charge in [0.1, 0.15) is 11.6 Å². The van der Waals surface area contributed by atoms with E-state index in [1.165, 1.54) is 30.3 Å². The highest BCUT2D eigenvalue weighted by Crippen LogP contribution is 2.25. The molecule has 0 bridgehead atoms. The lowest BCUT2D eigenvalue weighted by molar-refractivity contribution is 0.0946. The monoisotopic (exact) mass is 433 g/mol. The van der Waals surface area contributed by atoms with Crippen LogP contribution in [0.15, 0.2) is 77.9 Å². The molecule has 0 saturated heterocycles. The van der Waals surface area contributed by atoms with Crippen LogP contribution in [0.1, 0.15) is 33.1 Å². The summed E-state index contributed by atoms with van der Waals surface area (Å²) in [7, 11) is 0. The summed E-state index contributed by atoms with van der Waals surface area (Å²) in [4.78, 5) is 21.5. The summed E-state index contributed by atoms with van der Waals surface area (Å²) in [6, 6.07) is 15.6. The molecule has 162 valence electrons. The van der Waals surface area contributed by atoms with Gasteiger partial charge < -0.3 is 10.4 Å². The average Bonchev–Trinajstić information content (AvgIpc) is 3.30. The molecule has 0 spiro atoms. The first-order valence-electron chi connectivity index (χ1n) is 10.2. The van der Waals surface area contributed by atoms with E-state index in [0.717, 1.165) is 11.1 Å². The zero-order chi connectivity index (χ0) is 22.5. The zero-order valence-corrected chi connectivity index (χ0v) is 17.1. The molecule has 1 aromatic heterocycles. The number of aliphatic imine (C=N–C) groups is 1. The minimum absolute atomic E-state index is 0.112. The van der Waals surface area contributed by atoms with Crippen LogP contribution >= 0.6 is 0 Å². The molecule has 0 fully saturated rings. The summed E-state index contributed by atoms with van der Waals surface area (Å²) in [5, 5.41) is 12.5. The van der Waals surface area contributed by atoms with Crippen LogP contribution in [0.25, 0.3) is 5.57 Å². The number of halogens is 2. The van der Waals surface area contributed by atoms with E-state index < -0.39 is 11.7 Å². The molecule has 1 unspecified atom stereocenters. The molecule has 0 saturated carbocycles. The smallest absolute Gasteiger partial charge is 0.252 e. The highest BCUT2D eigenvalue weighted by Gasteiger charge is 2.23. The Morgan fingerprint density at radius 2 is 1.88 bits per heavy atom. The summed E-state index contributed by atoms with van der Waals surface area (Å²) in [6.07, 6.45) is 3.33. The highest BCUT2D eigenvalue weighted by molar-refractivity contribution is 6.19. The Morgan fingerprint density at radius 3 is 2.59 bits per heavy atom. The van der Waals surface area contributed by atoms with Crippen LogP contribution in [0.5, 0.6) is 0 Å². The molecule has 5 nitrogen and oxygen atoms in total. The number of rotatable bonds is 7. The second-order valence-electron chi connectivity index (χ2n) is 7.38. The van der Waals surface area contributed by atoms with E-state index in [1.807, 2.05) is 0 Å². The standard InChI is InChI=1S/C25H21F2N3O2/c26-19-9-7-16(8-10-19)17-12-23(29-13-17)24-20(4-3-5-21(24)27)25(32)30-14-18(15-31)22-6-1-2-11-28-22/h1-12,18,31H,13-15H2,(H,30,32). The SMILES string of the molecule is O=C(NCC(CO)c1ccccn1)c1cccc(F)c1C1=NCC(c2ccc(F)cc2)=C1. The number of carbonyl (C=O) groups excluding carboxylic acids is 1. The number of nitrogens with zero attached hydrogens (tertiary/aromatic N) is 2. The van der Waals surface area contributed by atoms with Crippen molar-refractivity contribution in [2.24, 2.45) is 4.99 Å². The third-order valence-corrected chi connectivity index (χ3v) is 5.30. The van der Waals surface area contributed by atoms with Gasteiger partial charge in [-0.3, -0.25) is 14.8 Å². The minimum atomic E-state index is -0.559. The number of aliphatic hydroxyl groups excluding tert-OH is 1. The van der Waals surface area contributed by atoms with Crippen LogP contribution in [0.2, 0.25) is 0 Å². The van der Waals surface area contributed by atoms with Gasteiger partial charge in [-0.15, -0.1) is 0 Å². The van der Waals surface area contributed by atoms with E-state index in [4.69, 9.17) is 0 Å². The fourth-order valence-electron chi connectivity index (χ4n) is 3.58. The van der Waals surface area contributed by atoms with Crippen molar-refractivity contribution in [3.63, 3.8) is 0 Å². The van der Waals surface area contributed by atoms with Gasteiger partial charge in [-0.2, -0.15) is 0 Å². The van der Waals surface area contributed by atoms with Crippen molar-refractivity contribution in [2.45, 2.75) is 5.92 Å². The first-order chi connectivity index (χ1) is 15.6. The van der Waals surface area contributed by atoms with Gasteiger partial charge in [-0.1, -0.05) is 24.3 Å². The molecule has 2 aromatic carbocycles. The highest BCUT2D eigenvalue weighted by atomic mass is 19.1. The van der Waals surface area contributed by atoms with Crippen LogP contribution in [-0.4, -0.2) is 41.4 Å². The van der Waals surface area contributed by atoms with Crippen LogP contribution < -0.4 is 5.32 Å². The van der Waals surface area contributed by atoms with Crippen molar-refractivity contribution in [1.82, 2.24) is 10.3 Å². The second-order valence-corrected chi connectivity index (χ2v) is 7.38. The van der Waals surface area contributed by atoms with E-state index in [0.29, 0.717) is 18.0 Å². The van der Waals surface area contributed by atoms with E-state index in [2.05, 4.69) is 15.3 Å². The third-order valence-electron chi connectivity index (χ3n) is 5.30. The van der Waals surface area contributed by atoms with Gasteiger partial charge >= 0.3 is 0 Å². The van der Waals surface area contributed by atoms with E-state index in [9.17, 15) is 18.7 Å². The Balaban J connectivity index is 1.55. The molecule has 4 rings (SSSR count). The second kappa shape index (κ2) is 9.62. The number of carbonyl (C=O) groups is 1. The number of benzene rings is 2. The Labute approximate surface area is 184 Å². The van der Waals surface area contributed by atoms with Gasteiger partial charge in [-0.05, 0) is 53.6 Å². The number of hydrogen-bond acceptors (Lipinski definition) is 4. The lowest BCUT2D eigenvalue weighted by Crippen LogP contribution is -2.31. The van der Waals surface area contributed by atoms with Crippen molar-refractivity contribution in [3.05, 3.63) is 107 Å². The van der Waals surface area contributed by atoms with Crippen LogP contribution in [0.3, 0.4) is 0 Å². The molecule has 2 N–H and O–H groups in total. The predicted octanol–water partition coefficient (Wildman–Crippen LogP) is 3.75. The largest absolute Gasteiger partial charge is 0.396 e. The Bertz CT molecular complexity index is 1180. The molecule has 1 aliphatic rings. The maximum atomic E-state index is 14.8. The fraction of sp³-hybridized carbons (Fsp3) is 0.160. The topological polar surface area (TPSA) is 74.6 Å². The molecule has 0 radical (unpaired) electrons. The molecule has 1 amide bonds. The van der Waals surface area contributed by atoms with Gasteiger partial charge in [-0.25, -0.2) is 8.78 Å². The summed E-state index contributed by atoms with van der Waals surface area (Å²) >= 11 is 0. The van der Waals surface area contributed by atoms with E-state index >= 15 is 0 Å². The molecule has 3 aromatic rings. The Kier molecular flexibility index (Phi) is 6.47. The normalized spacial score (nSPS) is 14.0. The lowest BCUT2D eigenvalue weighted by Gasteiger charge is -2.16. The summed E-state index contributed by atoms with van der Waals surface area (Å²) in [5.74, 6) is -1.75. The molecule has 0 aliphatic carbocycles. The third kappa shape index (κ3) is 4.63. The van der Waals surface area contributed by atoms with Crippen LogP contribution in [0, 0.1) is 11.6 Å². The van der Waals surface area contributed by atoms with Gasteiger partial charge in [0.15, 0.2) is 0 Å². The van der Waals surface area contributed by atoms with Crippen LogP contribution in [-0.2, 0) is 0 Å². The maximum Gasteiger partial charge on any atom is 0.252 e. The van der Waals surface area contributed by atoms with Crippen molar-refractivity contribution in [2.75, 3.05) is 19.7 Å². The Morgan fingerprint density at radius 1 is 1.06 bits per heavy atom. The quantitative estimate of drug-likeness (QED) is 0.596. The first-order valence-corrected chi connectivity index (χ1v) is 10.2. The molecular weight excluding hydrogens is 412 g/mol. The van der Waals surface area contributed by atoms with Crippen molar-refractivity contribution < 1.29 is 18.7 Å². The van der Waals surface area contributed by atoms with E-state index in [-0.39, 0.29) is 36.0 Å². The number of aromatic nitrogens is 1. The first kappa shape index (κ1) is 21.5. The Hall–Kier alpha value is -3.71.